The van der Waals surface area contributed by atoms with E-state index in [0.717, 1.165) is 19.3 Å². The Bertz CT molecular complexity index is 433. The molecule has 36 heavy (non-hydrogen) atoms. The molecule has 0 aliphatic rings. The summed E-state index contributed by atoms with van der Waals surface area (Å²) >= 11 is 0. The van der Waals surface area contributed by atoms with Gasteiger partial charge in [0.25, 0.3) is 0 Å². The first-order chi connectivity index (χ1) is 17.7. The number of esters is 1. The topological polar surface area (TPSA) is 26.3 Å². The van der Waals surface area contributed by atoms with E-state index < -0.39 is 0 Å². The molecule has 2 heteroatoms. The summed E-state index contributed by atoms with van der Waals surface area (Å²) in [6.45, 7) is 8.94. The summed E-state index contributed by atoms with van der Waals surface area (Å²) in [5.41, 5.74) is 0. The van der Waals surface area contributed by atoms with E-state index in [1.165, 1.54) is 154 Å². The number of carbonyl (C=O) groups is 1. The van der Waals surface area contributed by atoms with Crippen molar-refractivity contribution in [3.05, 3.63) is 0 Å². The molecule has 2 nitrogen and oxygen atoms in total. The van der Waals surface area contributed by atoms with Crippen molar-refractivity contribution in [3.8, 4) is 0 Å². The van der Waals surface area contributed by atoms with E-state index in [-0.39, 0.29) is 18.0 Å². The van der Waals surface area contributed by atoms with Crippen LogP contribution in [0.5, 0.6) is 0 Å². The van der Waals surface area contributed by atoms with E-state index in [1.54, 1.807) is 0 Å². The van der Waals surface area contributed by atoms with Gasteiger partial charge in [0.15, 0.2) is 0 Å². The van der Waals surface area contributed by atoms with Gasteiger partial charge in [0, 0.05) is 0 Å². The summed E-state index contributed by atoms with van der Waals surface area (Å²) in [4.78, 5) is 13.0. The van der Waals surface area contributed by atoms with Crippen LogP contribution in [0.3, 0.4) is 0 Å². The van der Waals surface area contributed by atoms with Crippen LogP contribution in [-0.2, 0) is 9.53 Å². The zero-order valence-electron chi connectivity index (χ0n) is 25.6. The Morgan fingerprint density at radius 2 is 0.722 bits per heavy atom. The van der Waals surface area contributed by atoms with Gasteiger partial charge in [0.2, 0.25) is 0 Å². The number of hydrogen-bond donors (Lipinski definition) is 0. The first-order valence-corrected chi connectivity index (χ1v) is 16.9. The van der Waals surface area contributed by atoms with Crippen molar-refractivity contribution < 1.29 is 9.53 Å². The van der Waals surface area contributed by atoms with Crippen LogP contribution in [0.1, 0.15) is 201 Å². The molecule has 0 aromatic rings. The molecule has 0 heterocycles. The molecule has 0 radical (unpaired) electrons. The average Bonchev–Trinajstić information content (AvgIpc) is 2.87. The van der Waals surface area contributed by atoms with Crippen molar-refractivity contribution >= 4 is 5.97 Å². The smallest absolute Gasteiger partial charge is 0.309 e. The first-order valence-electron chi connectivity index (χ1n) is 16.9. The van der Waals surface area contributed by atoms with E-state index in [9.17, 15) is 4.79 Å². The Hall–Kier alpha value is -0.530. The maximum atomic E-state index is 13.0. The summed E-state index contributed by atoms with van der Waals surface area (Å²) < 4.78 is 5.97. The van der Waals surface area contributed by atoms with Crippen LogP contribution in [0.2, 0.25) is 0 Å². The van der Waals surface area contributed by atoms with Gasteiger partial charge in [0.05, 0.1) is 12.0 Å². The van der Waals surface area contributed by atoms with Crippen LogP contribution in [0.15, 0.2) is 0 Å². The second-order valence-electron chi connectivity index (χ2n) is 11.7. The van der Waals surface area contributed by atoms with Crippen molar-refractivity contribution in [2.75, 3.05) is 0 Å². The highest BCUT2D eigenvalue weighted by atomic mass is 16.5. The molecule has 216 valence electrons. The fourth-order valence-corrected chi connectivity index (χ4v) is 5.35. The van der Waals surface area contributed by atoms with Gasteiger partial charge < -0.3 is 4.74 Å². The van der Waals surface area contributed by atoms with Crippen molar-refractivity contribution in [1.29, 1.82) is 0 Å². The molecule has 0 aliphatic heterocycles. The first kappa shape index (κ1) is 35.5. The normalized spacial score (nSPS) is 13.1. The molecule has 2 unspecified atom stereocenters. The highest BCUT2D eigenvalue weighted by Gasteiger charge is 2.21. The Morgan fingerprint density at radius 1 is 0.444 bits per heavy atom. The zero-order valence-corrected chi connectivity index (χ0v) is 25.6. The molecule has 0 rings (SSSR count). The van der Waals surface area contributed by atoms with E-state index in [4.69, 9.17) is 4.74 Å². The summed E-state index contributed by atoms with van der Waals surface area (Å²) in [6.07, 6.45) is 35.2. The van der Waals surface area contributed by atoms with Gasteiger partial charge in [-0.1, -0.05) is 168 Å². The van der Waals surface area contributed by atoms with Crippen LogP contribution in [0, 0.1) is 5.92 Å². The zero-order chi connectivity index (χ0) is 26.5. The van der Waals surface area contributed by atoms with Crippen LogP contribution in [-0.4, -0.2) is 12.1 Å². The van der Waals surface area contributed by atoms with Gasteiger partial charge >= 0.3 is 5.97 Å². The lowest BCUT2D eigenvalue weighted by molar-refractivity contribution is -0.154. The van der Waals surface area contributed by atoms with Crippen LogP contribution in [0.4, 0.5) is 0 Å². The van der Waals surface area contributed by atoms with Gasteiger partial charge in [-0.2, -0.15) is 0 Å². The lowest BCUT2D eigenvalue weighted by Gasteiger charge is -2.20. The van der Waals surface area contributed by atoms with Crippen molar-refractivity contribution in [2.45, 2.75) is 207 Å². The molecule has 0 spiro atoms. The van der Waals surface area contributed by atoms with Crippen LogP contribution >= 0.6 is 0 Å². The predicted octanol–water partition coefficient (Wildman–Crippen LogP) is 12.1. The Kier molecular flexibility index (Phi) is 28.6. The van der Waals surface area contributed by atoms with E-state index in [2.05, 4.69) is 27.7 Å². The van der Waals surface area contributed by atoms with Gasteiger partial charge in [-0.15, -0.1) is 0 Å². The molecule has 0 bridgehead atoms. The molecule has 0 fully saturated rings. The molecular weight excluding hydrogens is 440 g/mol. The van der Waals surface area contributed by atoms with Crippen LogP contribution in [0.25, 0.3) is 0 Å². The van der Waals surface area contributed by atoms with E-state index >= 15 is 0 Å². The second-order valence-corrected chi connectivity index (χ2v) is 11.7. The Morgan fingerprint density at radius 3 is 1.06 bits per heavy atom. The minimum atomic E-state index is 0.0810. The monoisotopic (exact) mass is 509 g/mol. The molecule has 0 aromatic carbocycles. The van der Waals surface area contributed by atoms with Gasteiger partial charge in [0.1, 0.15) is 0 Å². The molecule has 0 saturated heterocycles. The number of hydrogen-bond acceptors (Lipinski definition) is 2. The number of ether oxygens (including phenoxy) is 1. The third kappa shape index (κ3) is 25.1. The third-order valence-corrected chi connectivity index (χ3v) is 7.93. The summed E-state index contributed by atoms with van der Waals surface area (Å²) in [6, 6.07) is 0. The summed E-state index contributed by atoms with van der Waals surface area (Å²) in [5.74, 6) is 0.235. The average molecular weight is 509 g/mol. The largest absolute Gasteiger partial charge is 0.462 e. The van der Waals surface area contributed by atoms with Crippen molar-refractivity contribution in [2.24, 2.45) is 5.92 Å². The highest BCUT2D eigenvalue weighted by Crippen LogP contribution is 2.22. The fourth-order valence-electron chi connectivity index (χ4n) is 5.35. The van der Waals surface area contributed by atoms with E-state index in [1.807, 2.05) is 0 Å². The molecular formula is C34H68O2. The minimum Gasteiger partial charge on any atom is -0.462 e. The SMILES string of the molecule is CCCCCCCCCCCCC(CCCCCCCCCC)C(=O)OC(C)CCCCCCCC. The fraction of sp³-hybridized carbons (Fsp3) is 0.971. The third-order valence-electron chi connectivity index (χ3n) is 7.93. The molecule has 0 amide bonds. The lowest BCUT2D eigenvalue weighted by atomic mass is 9.94. The number of rotatable bonds is 29. The molecule has 0 aromatic heterocycles. The number of unbranched alkanes of at least 4 members (excludes halogenated alkanes) is 21. The summed E-state index contributed by atoms with van der Waals surface area (Å²) in [7, 11) is 0. The van der Waals surface area contributed by atoms with Gasteiger partial charge in [-0.25, -0.2) is 0 Å². The molecule has 0 aliphatic carbocycles. The maximum absolute atomic E-state index is 13.0. The minimum absolute atomic E-state index is 0.0810. The lowest BCUT2D eigenvalue weighted by Crippen LogP contribution is -2.23. The maximum Gasteiger partial charge on any atom is 0.309 e. The van der Waals surface area contributed by atoms with Crippen molar-refractivity contribution in [1.82, 2.24) is 0 Å². The Balaban J connectivity index is 4.20. The standard InChI is InChI=1S/C34H68O2/c1-5-8-11-14-17-19-20-22-25-28-31-33(30-27-24-21-18-15-12-9-6-2)34(35)36-32(4)29-26-23-16-13-10-7-3/h32-33H,5-31H2,1-4H3. The van der Waals surface area contributed by atoms with Crippen molar-refractivity contribution in [3.63, 3.8) is 0 Å². The molecule has 0 N–H and O–H groups in total. The predicted molar refractivity (Wildman–Crippen MR) is 161 cm³/mol. The van der Waals surface area contributed by atoms with Gasteiger partial charge in [-0.3, -0.25) is 4.79 Å². The second kappa shape index (κ2) is 29.0. The number of carbonyl (C=O) groups excluding carboxylic acids is 1. The van der Waals surface area contributed by atoms with Gasteiger partial charge in [-0.05, 0) is 32.6 Å². The molecule has 2 atom stereocenters. The summed E-state index contributed by atoms with van der Waals surface area (Å²) in [5, 5.41) is 0. The Labute approximate surface area is 228 Å². The van der Waals surface area contributed by atoms with Crippen LogP contribution < -0.4 is 0 Å². The van der Waals surface area contributed by atoms with E-state index in [0.29, 0.717) is 0 Å². The quantitative estimate of drug-likeness (QED) is 0.0741. The highest BCUT2D eigenvalue weighted by molar-refractivity contribution is 5.72. The molecule has 0 saturated carbocycles.